The molecule has 1 aliphatic heterocycles. The van der Waals surface area contributed by atoms with Gasteiger partial charge >= 0.3 is 11.9 Å². The molecule has 2 amide bonds. The van der Waals surface area contributed by atoms with Gasteiger partial charge in [0.1, 0.15) is 5.69 Å². The van der Waals surface area contributed by atoms with Crippen LogP contribution in [-0.4, -0.2) is 59.2 Å². The second-order valence-corrected chi connectivity index (χ2v) is 6.12. The fraction of sp³-hybridized carbons (Fsp3) is 0.500. The first-order valence-corrected chi connectivity index (χ1v) is 8.64. The predicted molar refractivity (Wildman–Crippen MR) is 92.1 cm³/mol. The number of Topliss-reactive ketones (excluding diaryl/α,β-unsaturated/α-hetero) is 1. The summed E-state index contributed by atoms with van der Waals surface area (Å²) in [5, 5.41) is 0. The van der Waals surface area contributed by atoms with Crippen LogP contribution in [0, 0.1) is 13.8 Å². The van der Waals surface area contributed by atoms with Crippen molar-refractivity contribution >= 4 is 29.5 Å². The number of likely N-dealkylation sites (tertiary alicyclic amines) is 1. The number of aromatic amines is 1. The lowest BCUT2D eigenvalue weighted by Gasteiger charge is -2.12. The maximum Gasteiger partial charge on any atom is 0.355 e. The normalized spacial score (nSPS) is 13.8. The molecule has 2 rings (SSSR count). The van der Waals surface area contributed by atoms with Crippen LogP contribution in [0.2, 0.25) is 0 Å². The van der Waals surface area contributed by atoms with Gasteiger partial charge in [-0.05, 0) is 26.3 Å². The second kappa shape index (κ2) is 8.61. The first-order valence-electron chi connectivity index (χ1n) is 8.64. The molecule has 0 atom stereocenters. The summed E-state index contributed by atoms with van der Waals surface area (Å²) in [7, 11) is 0. The summed E-state index contributed by atoms with van der Waals surface area (Å²) in [6, 6.07) is 0. The zero-order chi connectivity index (χ0) is 20.1. The third-order valence-corrected chi connectivity index (χ3v) is 4.25. The van der Waals surface area contributed by atoms with Gasteiger partial charge in [-0.3, -0.25) is 24.1 Å². The van der Waals surface area contributed by atoms with E-state index in [1.165, 1.54) is 0 Å². The van der Waals surface area contributed by atoms with Gasteiger partial charge in [0.25, 0.3) is 0 Å². The Bertz CT molecular complexity index is 778. The highest BCUT2D eigenvalue weighted by atomic mass is 16.5. The molecule has 0 bridgehead atoms. The molecule has 0 saturated carbocycles. The Morgan fingerprint density at radius 2 is 1.70 bits per heavy atom. The standard InChI is InChI=1S/C18H22N2O7/c1-4-26-18(25)17-10(2)16(11(3)19-17)12(21)9-27-15(24)7-8-20-13(22)5-6-14(20)23/h19H,4-9H2,1-3H3. The van der Waals surface area contributed by atoms with Gasteiger partial charge in [0.2, 0.25) is 17.6 Å². The highest BCUT2D eigenvalue weighted by Crippen LogP contribution is 2.19. The first kappa shape index (κ1) is 20.3. The van der Waals surface area contributed by atoms with Crippen molar-refractivity contribution in [3.05, 3.63) is 22.5 Å². The fourth-order valence-corrected chi connectivity index (χ4v) is 2.94. The largest absolute Gasteiger partial charge is 0.461 e. The predicted octanol–water partition coefficient (Wildman–Crippen LogP) is 1.07. The number of ketones is 1. The third kappa shape index (κ3) is 4.60. The Morgan fingerprint density at radius 3 is 2.30 bits per heavy atom. The quantitative estimate of drug-likeness (QED) is 0.408. The first-order chi connectivity index (χ1) is 12.8. The maximum absolute atomic E-state index is 12.4. The van der Waals surface area contributed by atoms with E-state index in [2.05, 4.69) is 4.98 Å². The number of carbonyl (C=O) groups is 5. The number of rotatable bonds is 8. The van der Waals surface area contributed by atoms with Crippen LogP contribution in [0.3, 0.4) is 0 Å². The SMILES string of the molecule is CCOC(=O)c1[nH]c(C)c(C(=O)COC(=O)CCN2C(=O)CCC2=O)c1C. The zero-order valence-corrected chi connectivity index (χ0v) is 15.5. The Hall–Kier alpha value is -2.97. The van der Waals surface area contributed by atoms with Gasteiger partial charge in [0, 0.05) is 30.6 Å². The van der Waals surface area contributed by atoms with Crippen molar-refractivity contribution in [3.8, 4) is 0 Å². The van der Waals surface area contributed by atoms with Crippen molar-refractivity contribution in [1.82, 2.24) is 9.88 Å². The van der Waals surface area contributed by atoms with Crippen LogP contribution in [-0.2, 0) is 23.9 Å². The van der Waals surface area contributed by atoms with E-state index in [-0.39, 0.29) is 55.5 Å². The van der Waals surface area contributed by atoms with Crippen molar-refractivity contribution in [1.29, 1.82) is 0 Å². The average molecular weight is 378 g/mol. The number of hydrogen-bond acceptors (Lipinski definition) is 7. The molecular weight excluding hydrogens is 356 g/mol. The summed E-state index contributed by atoms with van der Waals surface area (Å²) in [6.07, 6.45) is 0.131. The lowest BCUT2D eigenvalue weighted by Crippen LogP contribution is -2.31. The Morgan fingerprint density at radius 1 is 1.07 bits per heavy atom. The van der Waals surface area contributed by atoms with E-state index in [1.54, 1.807) is 20.8 Å². The van der Waals surface area contributed by atoms with E-state index in [4.69, 9.17) is 9.47 Å². The van der Waals surface area contributed by atoms with Gasteiger partial charge in [-0.15, -0.1) is 0 Å². The lowest BCUT2D eigenvalue weighted by molar-refractivity contribution is -0.144. The van der Waals surface area contributed by atoms with Gasteiger partial charge in [0.15, 0.2) is 6.61 Å². The van der Waals surface area contributed by atoms with Gasteiger partial charge < -0.3 is 14.5 Å². The van der Waals surface area contributed by atoms with Crippen LogP contribution in [0.25, 0.3) is 0 Å². The highest BCUT2D eigenvalue weighted by molar-refractivity contribution is 6.04. The molecule has 0 radical (unpaired) electrons. The molecule has 1 aromatic heterocycles. The second-order valence-electron chi connectivity index (χ2n) is 6.12. The van der Waals surface area contributed by atoms with Crippen molar-refractivity contribution < 1.29 is 33.4 Å². The number of H-pyrrole nitrogens is 1. The molecule has 0 aliphatic carbocycles. The summed E-state index contributed by atoms with van der Waals surface area (Å²) in [5.74, 6) is -2.33. The molecule has 1 fully saturated rings. The Labute approximate surface area is 156 Å². The number of amides is 2. The number of aryl methyl sites for hydroxylation is 1. The van der Waals surface area contributed by atoms with E-state index in [0.717, 1.165) is 4.90 Å². The summed E-state index contributed by atoms with van der Waals surface area (Å²) >= 11 is 0. The number of nitrogens with zero attached hydrogens (tertiary/aromatic N) is 1. The Kier molecular flexibility index (Phi) is 6.49. The maximum atomic E-state index is 12.4. The summed E-state index contributed by atoms with van der Waals surface area (Å²) in [6.45, 7) is 4.57. The number of aromatic nitrogens is 1. The number of hydrogen-bond donors (Lipinski definition) is 1. The van der Waals surface area contributed by atoms with E-state index >= 15 is 0 Å². The summed E-state index contributed by atoms with van der Waals surface area (Å²) in [5.41, 5.74) is 1.37. The molecule has 1 aliphatic rings. The third-order valence-electron chi connectivity index (χ3n) is 4.25. The van der Waals surface area contributed by atoms with Crippen molar-refractivity contribution in [2.24, 2.45) is 0 Å². The zero-order valence-electron chi connectivity index (χ0n) is 15.5. The summed E-state index contributed by atoms with van der Waals surface area (Å²) in [4.78, 5) is 62.9. The van der Waals surface area contributed by atoms with E-state index in [9.17, 15) is 24.0 Å². The van der Waals surface area contributed by atoms with Gasteiger partial charge in [-0.1, -0.05) is 0 Å². The number of carbonyl (C=O) groups excluding carboxylic acids is 5. The molecule has 1 N–H and O–H groups in total. The smallest absolute Gasteiger partial charge is 0.355 e. The van der Waals surface area contributed by atoms with Crippen LogP contribution < -0.4 is 0 Å². The molecular formula is C18H22N2O7. The van der Waals surface area contributed by atoms with E-state index in [1.807, 2.05) is 0 Å². The molecule has 2 heterocycles. The topological polar surface area (TPSA) is 123 Å². The minimum atomic E-state index is -0.688. The highest BCUT2D eigenvalue weighted by Gasteiger charge is 2.29. The monoisotopic (exact) mass is 378 g/mol. The van der Waals surface area contributed by atoms with Gasteiger partial charge in [-0.2, -0.15) is 0 Å². The molecule has 1 aromatic rings. The average Bonchev–Trinajstić information content (AvgIpc) is 3.09. The van der Waals surface area contributed by atoms with Crippen molar-refractivity contribution in [3.63, 3.8) is 0 Å². The summed E-state index contributed by atoms with van der Waals surface area (Å²) < 4.78 is 9.87. The Balaban J connectivity index is 1.92. The van der Waals surface area contributed by atoms with Crippen molar-refractivity contribution in [2.45, 2.75) is 40.0 Å². The van der Waals surface area contributed by atoms with Crippen LogP contribution in [0.5, 0.6) is 0 Å². The molecule has 9 nitrogen and oxygen atoms in total. The van der Waals surface area contributed by atoms with E-state index < -0.39 is 24.3 Å². The van der Waals surface area contributed by atoms with Crippen LogP contribution in [0.4, 0.5) is 0 Å². The van der Waals surface area contributed by atoms with Gasteiger partial charge in [0.05, 0.1) is 13.0 Å². The van der Waals surface area contributed by atoms with E-state index in [0.29, 0.717) is 11.3 Å². The van der Waals surface area contributed by atoms with Crippen molar-refractivity contribution in [2.75, 3.05) is 19.8 Å². The number of esters is 2. The molecule has 0 unspecified atom stereocenters. The van der Waals surface area contributed by atoms with Crippen LogP contribution in [0.15, 0.2) is 0 Å². The molecule has 0 spiro atoms. The number of ether oxygens (including phenoxy) is 2. The van der Waals surface area contributed by atoms with Crippen LogP contribution >= 0.6 is 0 Å². The van der Waals surface area contributed by atoms with Crippen LogP contribution in [0.1, 0.15) is 58.3 Å². The molecule has 146 valence electrons. The van der Waals surface area contributed by atoms with Gasteiger partial charge in [-0.25, -0.2) is 4.79 Å². The minimum absolute atomic E-state index is 0.0556. The molecule has 27 heavy (non-hydrogen) atoms. The molecule has 1 saturated heterocycles. The number of imide groups is 1. The lowest BCUT2D eigenvalue weighted by atomic mass is 10.1. The number of nitrogens with one attached hydrogen (secondary N) is 1. The molecule has 9 heteroatoms. The fourth-order valence-electron chi connectivity index (χ4n) is 2.94. The molecule has 0 aromatic carbocycles. The minimum Gasteiger partial charge on any atom is -0.461 e.